The zero-order chi connectivity index (χ0) is 13.7. The quantitative estimate of drug-likeness (QED) is 0.761. The van der Waals surface area contributed by atoms with E-state index in [1.54, 1.807) is 0 Å². The lowest BCUT2D eigenvalue weighted by atomic mass is 10.0. The Morgan fingerprint density at radius 1 is 1.47 bits per heavy atom. The van der Waals surface area contributed by atoms with E-state index in [1.807, 2.05) is 42.3 Å². The fourth-order valence-electron chi connectivity index (χ4n) is 2.28. The van der Waals surface area contributed by atoms with Gasteiger partial charge in [0.05, 0.1) is 0 Å². The topological polar surface area (TPSA) is 32.3 Å². The summed E-state index contributed by atoms with van der Waals surface area (Å²) in [6.45, 7) is 5.28. The summed E-state index contributed by atoms with van der Waals surface area (Å²) in [5.41, 5.74) is 1.96. The molecular formula is C16H22N2O. The standard InChI is InChI=1S/C16H22N2O/c1-3-12-18(14-8-9-14)16(19)15-7-5-4-6-13(15)10-11-17-2/h3-7,14,17H,1,8-12H2,2H3. The van der Waals surface area contributed by atoms with Crippen molar-refractivity contribution in [1.82, 2.24) is 10.2 Å². The molecule has 102 valence electrons. The van der Waals surface area contributed by atoms with Gasteiger partial charge in [0, 0.05) is 18.2 Å². The molecule has 1 N–H and O–H groups in total. The van der Waals surface area contributed by atoms with Crippen LogP contribution in [-0.4, -0.2) is 37.0 Å². The number of carbonyl (C=O) groups excluding carboxylic acids is 1. The van der Waals surface area contributed by atoms with Crippen molar-refractivity contribution < 1.29 is 4.79 Å². The minimum absolute atomic E-state index is 0.147. The van der Waals surface area contributed by atoms with Gasteiger partial charge >= 0.3 is 0 Å². The second-order valence-corrected chi connectivity index (χ2v) is 4.99. The zero-order valence-corrected chi connectivity index (χ0v) is 11.6. The molecular weight excluding hydrogens is 236 g/mol. The van der Waals surface area contributed by atoms with Crippen molar-refractivity contribution in [3.63, 3.8) is 0 Å². The third-order valence-electron chi connectivity index (χ3n) is 3.47. The largest absolute Gasteiger partial charge is 0.332 e. The number of amides is 1. The van der Waals surface area contributed by atoms with Crippen molar-refractivity contribution >= 4 is 5.91 Å². The highest BCUT2D eigenvalue weighted by Crippen LogP contribution is 2.28. The van der Waals surface area contributed by atoms with Crippen LogP contribution in [0.15, 0.2) is 36.9 Å². The Hall–Kier alpha value is -1.61. The first kappa shape index (κ1) is 13.8. The van der Waals surface area contributed by atoms with Crippen LogP contribution in [0.25, 0.3) is 0 Å². The summed E-state index contributed by atoms with van der Waals surface area (Å²) in [6.07, 6.45) is 4.94. The van der Waals surface area contributed by atoms with Gasteiger partial charge in [-0.1, -0.05) is 24.3 Å². The van der Waals surface area contributed by atoms with Gasteiger partial charge in [-0.2, -0.15) is 0 Å². The Bertz CT molecular complexity index is 452. The van der Waals surface area contributed by atoms with E-state index in [2.05, 4.69) is 11.9 Å². The first-order valence-electron chi connectivity index (χ1n) is 6.92. The van der Waals surface area contributed by atoms with Crippen LogP contribution in [0.3, 0.4) is 0 Å². The first-order valence-corrected chi connectivity index (χ1v) is 6.92. The predicted molar refractivity (Wildman–Crippen MR) is 78.3 cm³/mol. The lowest BCUT2D eigenvalue weighted by Gasteiger charge is -2.22. The second kappa shape index (κ2) is 6.53. The Morgan fingerprint density at radius 3 is 2.84 bits per heavy atom. The van der Waals surface area contributed by atoms with E-state index in [0.717, 1.165) is 36.9 Å². The molecule has 2 rings (SSSR count). The normalized spacial score (nSPS) is 14.2. The third kappa shape index (κ3) is 3.44. The van der Waals surface area contributed by atoms with E-state index >= 15 is 0 Å². The number of likely N-dealkylation sites (N-methyl/N-ethyl adjacent to an activating group) is 1. The van der Waals surface area contributed by atoms with Crippen LogP contribution in [0, 0.1) is 0 Å². The van der Waals surface area contributed by atoms with Gasteiger partial charge < -0.3 is 10.2 Å². The van der Waals surface area contributed by atoms with E-state index in [0.29, 0.717) is 12.6 Å². The molecule has 0 bridgehead atoms. The monoisotopic (exact) mass is 258 g/mol. The highest BCUT2D eigenvalue weighted by atomic mass is 16.2. The highest BCUT2D eigenvalue weighted by Gasteiger charge is 2.32. The summed E-state index contributed by atoms with van der Waals surface area (Å²) >= 11 is 0. The van der Waals surface area contributed by atoms with Gasteiger partial charge in [0.1, 0.15) is 0 Å². The number of hydrogen-bond donors (Lipinski definition) is 1. The number of rotatable bonds is 7. The Kier molecular flexibility index (Phi) is 4.74. The number of nitrogens with one attached hydrogen (secondary N) is 1. The van der Waals surface area contributed by atoms with Gasteiger partial charge in [0.2, 0.25) is 0 Å². The van der Waals surface area contributed by atoms with E-state index in [4.69, 9.17) is 0 Å². The molecule has 19 heavy (non-hydrogen) atoms. The number of nitrogens with zero attached hydrogens (tertiary/aromatic N) is 1. The van der Waals surface area contributed by atoms with Gasteiger partial charge in [-0.05, 0) is 44.5 Å². The molecule has 1 aromatic carbocycles. The van der Waals surface area contributed by atoms with Crippen LogP contribution >= 0.6 is 0 Å². The maximum atomic E-state index is 12.7. The summed E-state index contributed by atoms with van der Waals surface area (Å²) in [5, 5.41) is 3.13. The molecule has 1 aromatic rings. The Labute approximate surface area is 115 Å². The summed E-state index contributed by atoms with van der Waals surface area (Å²) in [7, 11) is 1.93. The van der Waals surface area contributed by atoms with Crippen LogP contribution in [-0.2, 0) is 6.42 Å². The zero-order valence-electron chi connectivity index (χ0n) is 11.6. The summed E-state index contributed by atoms with van der Waals surface area (Å²) in [6, 6.07) is 8.34. The average Bonchev–Trinajstić information content (AvgIpc) is 3.26. The average molecular weight is 258 g/mol. The van der Waals surface area contributed by atoms with Crippen LogP contribution in [0.1, 0.15) is 28.8 Å². The third-order valence-corrected chi connectivity index (χ3v) is 3.47. The predicted octanol–water partition coefficient (Wildman–Crippen LogP) is 2.24. The maximum Gasteiger partial charge on any atom is 0.254 e. The van der Waals surface area contributed by atoms with Gasteiger partial charge in [-0.15, -0.1) is 6.58 Å². The van der Waals surface area contributed by atoms with Crippen molar-refractivity contribution in [1.29, 1.82) is 0 Å². The van der Waals surface area contributed by atoms with Crippen LogP contribution < -0.4 is 5.32 Å². The fourth-order valence-corrected chi connectivity index (χ4v) is 2.28. The molecule has 3 nitrogen and oxygen atoms in total. The molecule has 0 atom stereocenters. The molecule has 1 fully saturated rings. The number of hydrogen-bond acceptors (Lipinski definition) is 2. The Morgan fingerprint density at radius 2 is 2.21 bits per heavy atom. The van der Waals surface area contributed by atoms with E-state index in [9.17, 15) is 4.79 Å². The number of carbonyl (C=O) groups is 1. The van der Waals surface area contributed by atoms with Crippen LogP contribution in [0.2, 0.25) is 0 Å². The SMILES string of the molecule is C=CCN(C(=O)c1ccccc1CCNC)C1CC1. The van der Waals surface area contributed by atoms with Crippen molar-refractivity contribution in [3.05, 3.63) is 48.0 Å². The molecule has 3 heteroatoms. The Balaban J connectivity index is 2.18. The molecule has 0 aromatic heterocycles. The second-order valence-electron chi connectivity index (χ2n) is 4.99. The van der Waals surface area contributed by atoms with Crippen molar-refractivity contribution in [2.24, 2.45) is 0 Å². The van der Waals surface area contributed by atoms with Crippen molar-refractivity contribution in [2.45, 2.75) is 25.3 Å². The molecule has 1 amide bonds. The molecule has 0 unspecified atom stereocenters. The molecule has 0 spiro atoms. The van der Waals surface area contributed by atoms with Gasteiger partial charge in [-0.3, -0.25) is 4.79 Å². The summed E-state index contributed by atoms with van der Waals surface area (Å²) in [4.78, 5) is 14.6. The van der Waals surface area contributed by atoms with E-state index in [1.165, 1.54) is 0 Å². The van der Waals surface area contributed by atoms with E-state index < -0.39 is 0 Å². The molecule has 0 heterocycles. The highest BCUT2D eigenvalue weighted by molar-refractivity contribution is 5.96. The first-order chi connectivity index (χ1) is 9.27. The van der Waals surface area contributed by atoms with Gasteiger partial charge in [0.15, 0.2) is 0 Å². The molecule has 1 saturated carbocycles. The van der Waals surface area contributed by atoms with Crippen LogP contribution in [0.5, 0.6) is 0 Å². The lowest BCUT2D eigenvalue weighted by molar-refractivity contribution is 0.0761. The summed E-state index contributed by atoms with van der Waals surface area (Å²) in [5.74, 6) is 0.147. The van der Waals surface area contributed by atoms with Gasteiger partial charge in [-0.25, -0.2) is 0 Å². The fraction of sp³-hybridized carbons (Fsp3) is 0.438. The van der Waals surface area contributed by atoms with Crippen LogP contribution in [0.4, 0.5) is 0 Å². The lowest BCUT2D eigenvalue weighted by Crippen LogP contribution is -2.34. The smallest absolute Gasteiger partial charge is 0.254 e. The molecule has 0 aliphatic heterocycles. The molecule has 0 saturated heterocycles. The number of benzene rings is 1. The molecule has 0 radical (unpaired) electrons. The molecule has 1 aliphatic rings. The van der Waals surface area contributed by atoms with Crippen molar-refractivity contribution in [3.8, 4) is 0 Å². The van der Waals surface area contributed by atoms with Gasteiger partial charge in [0.25, 0.3) is 5.91 Å². The maximum absolute atomic E-state index is 12.7. The van der Waals surface area contributed by atoms with E-state index in [-0.39, 0.29) is 5.91 Å². The summed E-state index contributed by atoms with van der Waals surface area (Å²) < 4.78 is 0. The molecule has 1 aliphatic carbocycles. The minimum Gasteiger partial charge on any atom is -0.332 e. The minimum atomic E-state index is 0.147. The van der Waals surface area contributed by atoms with Crippen molar-refractivity contribution in [2.75, 3.05) is 20.1 Å².